The Morgan fingerprint density at radius 1 is 1.47 bits per heavy atom. The highest BCUT2D eigenvalue weighted by Gasteiger charge is 2.09. The maximum Gasteiger partial charge on any atom is 0.277 e. The first-order valence-electron chi connectivity index (χ1n) is 5.49. The molecule has 1 aromatic heterocycles. The van der Waals surface area contributed by atoms with Crippen molar-refractivity contribution in [1.82, 2.24) is 9.59 Å². The average Bonchev–Trinajstić information content (AvgIpc) is 2.89. The molecule has 0 aliphatic carbocycles. The number of rotatable bonds is 2. The molecule has 2 N–H and O–H groups in total. The molecular weight excluding hydrogens is 262 g/mol. The normalized spacial score (nSPS) is 9.58. The van der Waals surface area contributed by atoms with Crippen molar-refractivity contribution in [2.45, 2.75) is 6.92 Å². The predicted octanol–water partition coefficient (Wildman–Crippen LogP) is 1.44. The van der Waals surface area contributed by atoms with Crippen LogP contribution < -0.4 is 5.32 Å². The van der Waals surface area contributed by atoms with E-state index in [4.69, 9.17) is 5.11 Å². The molecule has 2 rings (SSSR count). The minimum atomic E-state index is -0.305. The van der Waals surface area contributed by atoms with Crippen molar-refractivity contribution >= 4 is 23.1 Å². The van der Waals surface area contributed by atoms with Gasteiger partial charge in [0.15, 0.2) is 5.69 Å². The Hall–Kier alpha value is -2.23. The van der Waals surface area contributed by atoms with E-state index in [1.54, 1.807) is 11.4 Å². The van der Waals surface area contributed by atoms with Crippen LogP contribution in [-0.4, -0.2) is 27.2 Å². The SMILES string of the molecule is Cc1cc(C#CCO)cc(NC(=O)c2csnn2)c1. The van der Waals surface area contributed by atoms with Gasteiger partial charge in [0.25, 0.3) is 5.91 Å². The Morgan fingerprint density at radius 2 is 2.32 bits per heavy atom. The molecule has 0 radical (unpaired) electrons. The minimum Gasteiger partial charge on any atom is -0.384 e. The molecule has 0 saturated carbocycles. The van der Waals surface area contributed by atoms with Gasteiger partial charge in [0.05, 0.1) is 0 Å². The van der Waals surface area contributed by atoms with Gasteiger partial charge in [-0.2, -0.15) is 0 Å². The molecule has 1 heterocycles. The fourth-order valence-corrected chi connectivity index (χ4v) is 1.96. The monoisotopic (exact) mass is 273 g/mol. The summed E-state index contributed by atoms with van der Waals surface area (Å²) in [5.41, 5.74) is 2.63. The number of aryl methyl sites for hydroxylation is 1. The van der Waals surface area contributed by atoms with Gasteiger partial charge in [-0.25, -0.2) is 0 Å². The zero-order valence-electron chi connectivity index (χ0n) is 10.2. The van der Waals surface area contributed by atoms with Crippen molar-refractivity contribution in [3.05, 3.63) is 40.4 Å². The predicted molar refractivity (Wildman–Crippen MR) is 73.0 cm³/mol. The highest BCUT2D eigenvalue weighted by molar-refractivity contribution is 7.03. The van der Waals surface area contributed by atoms with Crippen LogP contribution in [0.5, 0.6) is 0 Å². The molecule has 1 aromatic carbocycles. The molecule has 0 bridgehead atoms. The third-order valence-corrected chi connectivity index (χ3v) is 2.74. The number of aromatic nitrogens is 2. The number of carbonyl (C=O) groups excluding carboxylic acids is 1. The molecule has 0 atom stereocenters. The summed E-state index contributed by atoms with van der Waals surface area (Å²) < 4.78 is 3.64. The van der Waals surface area contributed by atoms with E-state index in [2.05, 4.69) is 26.7 Å². The molecule has 0 spiro atoms. The van der Waals surface area contributed by atoms with Crippen LogP contribution in [0.4, 0.5) is 5.69 Å². The van der Waals surface area contributed by atoms with Crippen LogP contribution in [0.25, 0.3) is 0 Å². The Morgan fingerprint density at radius 3 is 3.00 bits per heavy atom. The van der Waals surface area contributed by atoms with Crippen molar-refractivity contribution < 1.29 is 9.90 Å². The Kier molecular flexibility index (Phi) is 4.23. The number of aliphatic hydroxyl groups excluding tert-OH is 1. The zero-order chi connectivity index (χ0) is 13.7. The summed E-state index contributed by atoms with van der Waals surface area (Å²) in [5.74, 6) is 5.07. The number of aliphatic hydroxyl groups is 1. The van der Waals surface area contributed by atoms with Gasteiger partial charge in [0.2, 0.25) is 0 Å². The van der Waals surface area contributed by atoms with E-state index in [9.17, 15) is 4.79 Å². The standard InChI is InChI=1S/C13H11N3O2S/c1-9-5-10(3-2-4-17)7-11(6-9)14-13(18)12-8-19-16-15-12/h5-8,17H,4H2,1H3,(H,14,18). The first kappa shape index (κ1) is 13.2. The molecule has 0 unspecified atom stereocenters. The van der Waals surface area contributed by atoms with Gasteiger partial charge in [-0.1, -0.05) is 16.3 Å². The number of carbonyl (C=O) groups is 1. The van der Waals surface area contributed by atoms with E-state index in [-0.39, 0.29) is 18.2 Å². The van der Waals surface area contributed by atoms with Crippen molar-refractivity contribution in [2.24, 2.45) is 0 Å². The molecule has 0 saturated heterocycles. The van der Waals surface area contributed by atoms with Gasteiger partial charge >= 0.3 is 0 Å². The number of nitrogens with zero attached hydrogens (tertiary/aromatic N) is 2. The molecule has 5 nitrogen and oxygen atoms in total. The second kappa shape index (κ2) is 6.09. The number of hydrogen-bond donors (Lipinski definition) is 2. The lowest BCUT2D eigenvalue weighted by molar-refractivity contribution is 0.102. The quantitative estimate of drug-likeness (QED) is 0.812. The summed E-state index contributed by atoms with van der Waals surface area (Å²) in [5, 5.41) is 16.7. The number of amides is 1. The van der Waals surface area contributed by atoms with Gasteiger partial charge in [0, 0.05) is 16.6 Å². The van der Waals surface area contributed by atoms with Gasteiger partial charge in [-0.15, -0.1) is 5.10 Å². The summed E-state index contributed by atoms with van der Waals surface area (Å²) in [6.45, 7) is 1.71. The summed E-state index contributed by atoms with van der Waals surface area (Å²) >= 11 is 1.12. The molecule has 0 fully saturated rings. The Bertz CT molecular complexity index is 642. The summed E-state index contributed by atoms with van der Waals surface area (Å²) in [7, 11) is 0. The topological polar surface area (TPSA) is 75.1 Å². The van der Waals surface area contributed by atoms with E-state index in [1.807, 2.05) is 19.1 Å². The molecular formula is C13H11N3O2S. The first-order chi connectivity index (χ1) is 9.19. The highest BCUT2D eigenvalue weighted by Crippen LogP contribution is 2.15. The van der Waals surface area contributed by atoms with E-state index in [0.29, 0.717) is 5.69 Å². The fraction of sp³-hybridized carbons (Fsp3) is 0.154. The second-order valence-corrected chi connectivity index (χ2v) is 4.40. The molecule has 19 heavy (non-hydrogen) atoms. The van der Waals surface area contributed by atoms with Crippen LogP contribution in [0, 0.1) is 18.8 Å². The van der Waals surface area contributed by atoms with Crippen molar-refractivity contribution in [1.29, 1.82) is 0 Å². The van der Waals surface area contributed by atoms with Gasteiger partial charge in [-0.3, -0.25) is 4.79 Å². The number of benzene rings is 1. The molecule has 0 aliphatic rings. The van der Waals surface area contributed by atoms with Crippen molar-refractivity contribution in [2.75, 3.05) is 11.9 Å². The fourth-order valence-electron chi connectivity index (χ4n) is 1.53. The molecule has 0 aliphatic heterocycles. The lowest BCUT2D eigenvalue weighted by Gasteiger charge is -2.05. The summed E-state index contributed by atoms with van der Waals surface area (Å²) in [4.78, 5) is 11.8. The molecule has 1 amide bonds. The van der Waals surface area contributed by atoms with Crippen LogP contribution in [0.15, 0.2) is 23.6 Å². The van der Waals surface area contributed by atoms with Crippen molar-refractivity contribution in [3.63, 3.8) is 0 Å². The highest BCUT2D eigenvalue weighted by atomic mass is 32.1. The lowest BCUT2D eigenvalue weighted by Crippen LogP contribution is -2.12. The van der Waals surface area contributed by atoms with Gasteiger partial charge < -0.3 is 10.4 Å². The maximum absolute atomic E-state index is 11.8. The zero-order valence-corrected chi connectivity index (χ0v) is 11.0. The minimum absolute atomic E-state index is 0.194. The average molecular weight is 273 g/mol. The number of nitrogens with one attached hydrogen (secondary N) is 1. The van der Waals surface area contributed by atoms with Crippen LogP contribution >= 0.6 is 11.5 Å². The molecule has 96 valence electrons. The van der Waals surface area contributed by atoms with Crippen LogP contribution in [-0.2, 0) is 0 Å². The van der Waals surface area contributed by atoms with Gasteiger partial charge in [-0.05, 0) is 42.2 Å². The summed E-state index contributed by atoms with van der Waals surface area (Å²) in [6, 6.07) is 5.46. The van der Waals surface area contributed by atoms with Crippen LogP contribution in [0.3, 0.4) is 0 Å². The van der Waals surface area contributed by atoms with Crippen LogP contribution in [0.2, 0.25) is 0 Å². The maximum atomic E-state index is 11.8. The van der Waals surface area contributed by atoms with Crippen molar-refractivity contribution in [3.8, 4) is 11.8 Å². The van der Waals surface area contributed by atoms with E-state index >= 15 is 0 Å². The third-order valence-electron chi connectivity index (χ3n) is 2.24. The van der Waals surface area contributed by atoms with Gasteiger partial charge in [0.1, 0.15) is 6.61 Å². The Balaban J connectivity index is 2.20. The van der Waals surface area contributed by atoms with E-state index < -0.39 is 0 Å². The third kappa shape index (κ3) is 3.61. The lowest BCUT2D eigenvalue weighted by atomic mass is 10.1. The Labute approximate surface area is 114 Å². The van der Waals surface area contributed by atoms with E-state index in [0.717, 1.165) is 22.7 Å². The largest absolute Gasteiger partial charge is 0.384 e. The first-order valence-corrected chi connectivity index (χ1v) is 6.32. The second-order valence-electron chi connectivity index (χ2n) is 3.79. The van der Waals surface area contributed by atoms with E-state index in [1.165, 1.54) is 0 Å². The molecule has 6 heteroatoms. The smallest absolute Gasteiger partial charge is 0.277 e. The number of hydrogen-bond acceptors (Lipinski definition) is 5. The number of anilines is 1. The summed E-state index contributed by atoms with van der Waals surface area (Å²) in [6.07, 6.45) is 0. The molecule has 2 aromatic rings. The van der Waals surface area contributed by atoms with Crippen LogP contribution in [0.1, 0.15) is 21.6 Å².